The standard InChI is InChI=1S/C18H24N/c1-7-16-9-11-17(12-10-16)13-19(5,6)14-18(8-2)15(3)4/h7-12,14H,1-3,13H2,4-6H3/q+1/b18-14-. The van der Waals surface area contributed by atoms with Crippen LogP contribution >= 0.6 is 0 Å². The van der Waals surface area contributed by atoms with Gasteiger partial charge in [-0.1, -0.05) is 56.2 Å². The van der Waals surface area contributed by atoms with E-state index in [-0.39, 0.29) is 0 Å². The molecule has 0 atom stereocenters. The lowest BCUT2D eigenvalue weighted by Gasteiger charge is -2.26. The van der Waals surface area contributed by atoms with Crippen LogP contribution in [0.4, 0.5) is 0 Å². The molecule has 19 heavy (non-hydrogen) atoms. The minimum absolute atomic E-state index is 0.766. The van der Waals surface area contributed by atoms with Crippen LogP contribution in [-0.2, 0) is 6.54 Å². The number of hydrogen-bond donors (Lipinski definition) is 0. The van der Waals surface area contributed by atoms with Crippen molar-refractivity contribution in [1.29, 1.82) is 0 Å². The molecule has 0 aliphatic heterocycles. The maximum absolute atomic E-state index is 3.98. The fourth-order valence-electron chi connectivity index (χ4n) is 1.99. The molecule has 0 bridgehead atoms. The average Bonchev–Trinajstić information content (AvgIpc) is 2.36. The summed E-state index contributed by atoms with van der Waals surface area (Å²) in [5, 5.41) is 0. The highest BCUT2D eigenvalue weighted by Crippen LogP contribution is 2.16. The zero-order valence-electron chi connectivity index (χ0n) is 12.3. The Hall–Kier alpha value is -1.86. The van der Waals surface area contributed by atoms with Crippen LogP contribution in [0.3, 0.4) is 0 Å². The van der Waals surface area contributed by atoms with Crippen molar-refractivity contribution in [3.63, 3.8) is 0 Å². The van der Waals surface area contributed by atoms with Gasteiger partial charge in [0.1, 0.15) is 12.7 Å². The fourth-order valence-corrected chi connectivity index (χ4v) is 1.99. The molecule has 0 amide bonds. The lowest BCUT2D eigenvalue weighted by Crippen LogP contribution is -2.32. The lowest BCUT2D eigenvalue weighted by atomic mass is 10.1. The summed E-state index contributed by atoms with van der Waals surface area (Å²) >= 11 is 0. The molecule has 1 aromatic rings. The largest absolute Gasteiger partial charge is 0.298 e. The molecule has 1 heteroatoms. The molecule has 1 nitrogen and oxygen atoms in total. The summed E-state index contributed by atoms with van der Waals surface area (Å²) in [6, 6.07) is 8.50. The van der Waals surface area contributed by atoms with Crippen molar-refractivity contribution in [2.24, 2.45) is 0 Å². The predicted molar refractivity (Wildman–Crippen MR) is 85.4 cm³/mol. The molecule has 100 valence electrons. The van der Waals surface area contributed by atoms with Gasteiger partial charge in [-0.15, -0.1) is 0 Å². The molecule has 0 unspecified atom stereocenters. The van der Waals surface area contributed by atoms with E-state index in [4.69, 9.17) is 0 Å². The second-order valence-corrected chi connectivity index (χ2v) is 5.45. The van der Waals surface area contributed by atoms with E-state index in [0.29, 0.717) is 0 Å². The zero-order chi connectivity index (χ0) is 14.5. The molecule has 0 radical (unpaired) electrons. The summed E-state index contributed by atoms with van der Waals surface area (Å²) in [4.78, 5) is 0. The van der Waals surface area contributed by atoms with E-state index < -0.39 is 0 Å². The van der Waals surface area contributed by atoms with E-state index in [1.165, 1.54) is 5.56 Å². The van der Waals surface area contributed by atoms with Crippen molar-refractivity contribution in [1.82, 2.24) is 0 Å². The van der Waals surface area contributed by atoms with Gasteiger partial charge in [-0.05, 0) is 18.1 Å². The highest BCUT2D eigenvalue weighted by atomic mass is 15.3. The van der Waals surface area contributed by atoms with Gasteiger partial charge in [0, 0.05) is 11.1 Å². The molecule has 0 heterocycles. The summed E-state index contributed by atoms with van der Waals surface area (Å²) in [5.41, 5.74) is 4.60. The van der Waals surface area contributed by atoms with Crippen LogP contribution in [0.15, 0.2) is 67.4 Å². The van der Waals surface area contributed by atoms with E-state index in [1.807, 2.05) is 19.1 Å². The van der Waals surface area contributed by atoms with Gasteiger partial charge < -0.3 is 0 Å². The smallest absolute Gasteiger partial charge is 0.108 e. The minimum Gasteiger partial charge on any atom is -0.298 e. The first-order valence-corrected chi connectivity index (χ1v) is 6.43. The molecule has 0 spiro atoms. The molecule has 0 saturated heterocycles. The van der Waals surface area contributed by atoms with Gasteiger partial charge in [-0.3, -0.25) is 4.48 Å². The molecule has 0 fully saturated rings. The number of rotatable bonds is 6. The average molecular weight is 254 g/mol. The van der Waals surface area contributed by atoms with E-state index in [0.717, 1.165) is 27.7 Å². The van der Waals surface area contributed by atoms with Gasteiger partial charge in [0.2, 0.25) is 0 Å². The Bertz CT molecular complexity index is 501. The molecular weight excluding hydrogens is 230 g/mol. The summed E-state index contributed by atoms with van der Waals surface area (Å²) < 4.78 is 0.766. The van der Waals surface area contributed by atoms with Gasteiger partial charge in [-0.2, -0.15) is 0 Å². The van der Waals surface area contributed by atoms with Crippen LogP contribution in [0.2, 0.25) is 0 Å². The second-order valence-electron chi connectivity index (χ2n) is 5.45. The molecule has 0 aromatic heterocycles. The van der Waals surface area contributed by atoms with Crippen molar-refractivity contribution in [3.05, 3.63) is 78.6 Å². The third-order valence-corrected chi connectivity index (χ3v) is 3.01. The van der Waals surface area contributed by atoms with Gasteiger partial charge in [0.15, 0.2) is 0 Å². The molecule has 0 N–H and O–H groups in total. The first kappa shape index (κ1) is 15.2. The van der Waals surface area contributed by atoms with Crippen molar-refractivity contribution in [3.8, 4) is 0 Å². The predicted octanol–water partition coefficient (Wildman–Crippen LogP) is 4.55. The fraction of sp³-hybridized carbons (Fsp3) is 0.222. The Morgan fingerprint density at radius 3 is 2.16 bits per heavy atom. The summed E-state index contributed by atoms with van der Waals surface area (Å²) in [7, 11) is 4.35. The summed E-state index contributed by atoms with van der Waals surface area (Å²) in [6.45, 7) is 14.5. The monoisotopic (exact) mass is 254 g/mol. The van der Waals surface area contributed by atoms with E-state index >= 15 is 0 Å². The Labute approximate surface area is 117 Å². The Morgan fingerprint density at radius 2 is 1.74 bits per heavy atom. The highest BCUT2D eigenvalue weighted by Gasteiger charge is 2.14. The Kier molecular flexibility index (Phi) is 5.08. The van der Waals surface area contributed by atoms with Crippen molar-refractivity contribution >= 4 is 6.08 Å². The van der Waals surface area contributed by atoms with Crippen LogP contribution in [0.5, 0.6) is 0 Å². The van der Waals surface area contributed by atoms with Crippen LogP contribution in [0.25, 0.3) is 6.08 Å². The Morgan fingerprint density at radius 1 is 1.16 bits per heavy atom. The SMILES string of the molecule is C=C/C(=C/[N+](C)(C)Cc1ccc(C=C)cc1)C(=C)C. The zero-order valence-corrected chi connectivity index (χ0v) is 12.3. The van der Waals surface area contributed by atoms with Gasteiger partial charge in [0.25, 0.3) is 0 Å². The van der Waals surface area contributed by atoms with E-state index in [9.17, 15) is 0 Å². The van der Waals surface area contributed by atoms with Crippen molar-refractivity contribution in [2.75, 3.05) is 14.1 Å². The maximum atomic E-state index is 3.98. The van der Waals surface area contributed by atoms with Crippen LogP contribution in [0, 0.1) is 0 Å². The van der Waals surface area contributed by atoms with Crippen LogP contribution in [-0.4, -0.2) is 18.6 Å². The summed E-state index contributed by atoms with van der Waals surface area (Å²) in [6.07, 6.45) is 5.92. The van der Waals surface area contributed by atoms with Crippen molar-refractivity contribution in [2.45, 2.75) is 13.5 Å². The van der Waals surface area contributed by atoms with Crippen LogP contribution < -0.4 is 0 Å². The number of benzene rings is 1. The first-order valence-electron chi connectivity index (χ1n) is 6.43. The third kappa shape index (κ3) is 4.72. The highest BCUT2D eigenvalue weighted by molar-refractivity contribution is 5.47. The lowest BCUT2D eigenvalue weighted by molar-refractivity contribution is -0.853. The number of allylic oxidation sites excluding steroid dienone is 3. The minimum atomic E-state index is 0.766. The molecule has 0 aliphatic rings. The van der Waals surface area contributed by atoms with Gasteiger partial charge in [-0.25, -0.2) is 0 Å². The molecule has 0 saturated carbocycles. The van der Waals surface area contributed by atoms with Gasteiger partial charge >= 0.3 is 0 Å². The second kappa shape index (κ2) is 6.35. The number of nitrogens with zero attached hydrogens (tertiary/aromatic N) is 1. The van der Waals surface area contributed by atoms with E-state index in [1.54, 1.807) is 0 Å². The maximum Gasteiger partial charge on any atom is 0.108 e. The van der Waals surface area contributed by atoms with Gasteiger partial charge in [0.05, 0.1) is 14.1 Å². The molecule has 1 rings (SSSR count). The summed E-state index contributed by atoms with van der Waals surface area (Å²) in [5.74, 6) is 0. The normalized spacial score (nSPS) is 12.1. The van der Waals surface area contributed by atoms with E-state index in [2.05, 4.69) is 64.3 Å². The third-order valence-electron chi connectivity index (χ3n) is 3.01. The molecule has 1 aromatic carbocycles. The Balaban J connectivity index is 2.91. The first-order chi connectivity index (χ1) is 8.88. The topological polar surface area (TPSA) is 0 Å². The van der Waals surface area contributed by atoms with Crippen molar-refractivity contribution < 1.29 is 4.48 Å². The number of hydrogen-bond acceptors (Lipinski definition) is 0. The number of quaternary nitrogens is 1. The molecule has 0 aliphatic carbocycles. The van der Waals surface area contributed by atoms with Crippen LogP contribution in [0.1, 0.15) is 18.1 Å². The quantitative estimate of drug-likeness (QED) is 0.516. The molecular formula is C18H24N+.